The van der Waals surface area contributed by atoms with Crippen molar-refractivity contribution in [3.63, 3.8) is 0 Å². The van der Waals surface area contributed by atoms with Crippen molar-refractivity contribution >= 4 is 34.2 Å². The van der Waals surface area contributed by atoms with E-state index in [1.54, 1.807) is 13.2 Å². The molecule has 2 heterocycles. The van der Waals surface area contributed by atoms with Crippen LogP contribution in [0.2, 0.25) is 0 Å². The number of carbonyl (C=O) groups is 3. The highest BCUT2D eigenvalue weighted by Crippen LogP contribution is 2.43. The predicted octanol–water partition coefficient (Wildman–Crippen LogP) is 3.34. The summed E-state index contributed by atoms with van der Waals surface area (Å²) < 4.78 is 5.83. The average Bonchev–Trinajstić information content (AvgIpc) is 3.04. The zero-order valence-electron chi connectivity index (χ0n) is 16.4. The molecule has 1 saturated heterocycles. The second kappa shape index (κ2) is 7.07. The number of nitrogens with one attached hydrogen (secondary N) is 1. The van der Waals surface area contributed by atoms with Crippen LogP contribution in [0.5, 0.6) is 0 Å². The lowest BCUT2D eigenvalue weighted by Gasteiger charge is -2.30. The Morgan fingerprint density at radius 1 is 1.00 bits per heavy atom. The Balaban J connectivity index is 1.65. The summed E-state index contributed by atoms with van der Waals surface area (Å²) in [6.07, 6.45) is 0.255. The zero-order valence-corrected chi connectivity index (χ0v) is 16.4. The highest BCUT2D eigenvalue weighted by molar-refractivity contribution is 6.27. The molecule has 2 aliphatic rings. The molecule has 2 atom stereocenters. The molecule has 0 radical (unpaired) electrons. The van der Waals surface area contributed by atoms with Crippen LogP contribution >= 0.6 is 0 Å². The van der Waals surface area contributed by atoms with E-state index in [1.165, 1.54) is 4.90 Å². The fraction of sp³-hybridized carbons (Fsp3) is 0.208. The molecule has 0 bridgehead atoms. The van der Waals surface area contributed by atoms with E-state index >= 15 is 0 Å². The summed E-state index contributed by atoms with van der Waals surface area (Å²) in [7, 11) is 1.67. The van der Waals surface area contributed by atoms with Crippen LogP contribution in [0, 0.1) is 0 Å². The van der Waals surface area contributed by atoms with Crippen molar-refractivity contribution in [1.82, 2.24) is 5.32 Å². The largest absolute Gasteiger partial charge is 0.372 e. The third kappa shape index (κ3) is 2.72. The van der Waals surface area contributed by atoms with Gasteiger partial charge in [-0.25, -0.2) is 0 Å². The van der Waals surface area contributed by atoms with E-state index in [9.17, 15) is 14.4 Å². The monoisotopic (exact) mass is 400 g/mol. The van der Waals surface area contributed by atoms with Gasteiger partial charge in [0.1, 0.15) is 12.1 Å². The van der Waals surface area contributed by atoms with Gasteiger partial charge in [-0.1, -0.05) is 48.5 Å². The normalized spacial score (nSPS) is 19.3. The maximum atomic E-state index is 13.3. The number of methoxy groups -OCH3 is 1. The second-order valence-electron chi connectivity index (χ2n) is 7.57. The van der Waals surface area contributed by atoms with Crippen LogP contribution in [0.15, 0.2) is 60.7 Å². The minimum atomic E-state index is -0.691. The lowest BCUT2D eigenvalue weighted by molar-refractivity contribution is -0.134. The summed E-state index contributed by atoms with van der Waals surface area (Å²) in [5.41, 5.74) is 3.25. The van der Waals surface area contributed by atoms with Gasteiger partial charge < -0.3 is 4.74 Å². The molecule has 2 unspecified atom stereocenters. The molecule has 3 aromatic rings. The van der Waals surface area contributed by atoms with Crippen molar-refractivity contribution < 1.29 is 19.1 Å². The average molecular weight is 400 g/mol. The maximum Gasteiger partial charge on any atom is 0.259 e. The first-order valence-electron chi connectivity index (χ1n) is 9.90. The molecule has 6 heteroatoms. The van der Waals surface area contributed by atoms with Crippen molar-refractivity contribution in [3.8, 4) is 0 Å². The molecule has 3 aromatic carbocycles. The van der Waals surface area contributed by atoms with Gasteiger partial charge in [0.2, 0.25) is 11.8 Å². The van der Waals surface area contributed by atoms with Crippen molar-refractivity contribution in [3.05, 3.63) is 77.4 Å². The Labute approximate surface area is 173 Å². The number of nitrogens with zero attached hydrogens (tertiary/aromatic N) is 1. The fourth-order valence-corrected chi connectivity index (χ4v) is 4.57. The van der Waals surface area contributed by atoms with Gasteiger partial charge in [0, 0.05) is 24.5 Å². The molecule has 5 rings (SSSR count). The minimum Gasteiger partial charge on any atom is -0.372 e. The minimum absolute atomic E-state index is 0.212. The third-order valence-electron chi connectivity index (χ3n) is 5.90. The van der Waals surface area contributed by atoms with Crippen LogP contribution in [-0.2, 0) is 14.3 Å². The zero-order chi connectivity index (χ0) is 20.8. The van der Waals surface area contributed by atoms with E-state index in [0.717, 1.165) is 21.9 Å². The van der Waals surface area contributed by atoms with Crippen molar-refractivity contribution in [2.24, 2.45) is 0 Å². The lowest BCUT2D eigenvalue weighted by atomic mass is 9.93. The van der Waals surface area contributed by atoms with Gasteiger partial charge in [0.05, 0.1) is 5.69 Å². The first-order valence-corrected chi connectivity index (χ1v) is 9.90. The van der Waals surface area contributed by atoms with Gasteiger partial charge in [0.25, 0.3) is 5.91 Å². The molecular weight excluding hydrogens is 380 g/mol. The number of benzene rings is 3. The highest BCUT2D eigenvalue weighted by Gasteiger charge is 2.41. The molecule has 0 aliphatic carbocycles. The number of hydrogen-bond acceptors (Lipinski definition) is 4. The summed E-state index contributed by atoms with van der Waals surface area (Å²) in [6.45, 7) is 0. The van der Waals surface area contributed by atoms with Gasteiger partial charge in [-0.05, 0) is 35.1 Å². The molecule has 1 N–H and O–H groups in total. The van der Waals surface area contributed by atoms with Gasteiger partial charge in [-0.2, -0.15) is 0 Å². The van der Waals surface area contributed by atoms with Crippen LogP contribution < -0.4 is 10.2 Å². The van der Waals surface area contributed by atoms with Gasteiger partial charge >= 0.3 is 0 Å². The Morgan fingerprint density at radius 2 is 1.80 bits per heavy atom. The van der Waals surface area contributed by atoms with Gasteiger partial charge in [-0.15, -0.1) is 0 Å². The first-order chi connectivity index (χ1) is 14.6. The summed E-state index contributed by atoms with van der Waals surface area (Å²) in [4.78, 5) is 38.8. The van der Waals surface area contributed by atoms with Crippen LogP contribution in [-0.4, -0.2) is 30.9 Å². The van der Waals surface area contributed by atoms with E-state index in [2.05, 4.69) is 5.32 Å². The maximum absolute atomic E-state index is 13.3. The molecule has 1 fully saturated rings. The summed E-state index contributed by atoms with van der Waals surface area (Å²) in [5, 5.41) is 4.10. The number of piperidine rings is 1. The quantitative estimate of drug-likeness (QED) is 0.682. The van der Waals surface area contributed by atoms with E-state index < -0.39 is 11.9 Å². The number of carbonyl (C=O) groups excluding carboxylic acids is 3. The second-order valence-corrected chi connectivity index (χ2v) is 7.57. The van der Waals surface area contributed by atoms with Gasteiger partial charge in [-0.3, -0.25) is 24.6 Å². The van der Waals surface area contributed by atoms with Gasteiger partial charge in [0.15, 0.2) is 0 Å². The molecule has 0 aromatic heterocycles. The predicted molar refractivity (Wildman–Crippen MR) is 112 cm³/mol. The van der Waals surface area contributed by atoms with Crippen LogP contribution in [0.3, 0.4) is 0 Å². The SMILES string of the molecule is COC(c1ccccc1)c1ccc2c3c(cccc13)C(=O)N2C1CCC(=O)NC1=O. The van der Waals surface area contributed by atoms with Crippen molar-refractivity contribution in [2.75, 3.05) is 12.0 Å². The van der Waals surface area contributed by atoms with Crippen LogP contribution in [0.4, 0.5) is 5.69 Å². The Kier molecular flexibility index (Phi) is 4.37. The number of ether oxygens (including phenoxy) is 1. The molecular formula is C24H20N2O4. The fourth-order valence-electron chi connectivity index (χ4n) is 4.57. The van der Waals surface area contributed by atoms with Crippen molar-refractivity contribution in [1.29, 1.82) is 0 Å². The highest BCUT2D eigenvalue weighted by atomic mass is 16.5. The number of hydrogen-bond donors (Lipinski definition) is 1. The van der Waals surface area contributed by atoms with Crippen molar-refractivity contribution in [2.45, 2.75) is 25.0 Å². The molecule has 150 valence electrons. The van der Waals surface area contributed by atoms with E-state index in [1.807, 2.05) is 54.6 Å². The van der Waals surface area contributed by atoms with E-state index in [0.29, 0.717) is 17.7 Å². The summed E-state index contributed by atoms with van der Waals surface area (Å²) >= 11 is 0. The van der Waals surface area contributed by atoms with Crippen LogP contribution in [0.25, 0.3) is 10.8 Å². The number of rotatable bonds is 4. The van der Waals surface area contributed by atoms with Crippen LogP contribution in [0.1, 0.15) is 40.4 Å². The number of imide groups is 1. The Morgan fingerprint density at radius 3 is 2.53 bits per heavy atom. The molecule has 30 heavy (non-hydrogen) atoms. The lowest BCUT2D eigenvalue weighted by Crippen LogP contribution is -2.53. The Bertz CT molecular complexity index is 1190. The molecule has 6 nitrogen and oxygen atoms in total. The van der Waals surface area contributed by atoms with E-state index in [4.69, 9.17) is 4.74 Å². The van der Waals surface area contributed by atoms with E-state index in [-0.39, 0.29) is 24.3 Å². The Hall–Kier alpha value is -3.51. The molecule has 3 amide bonds. The molecule has 2 aliphatic heterocycles. The summed E-state index contributed by atoms with van der Waals surface area (Å²) in [6, 6.07) is 18.7. The number of anilines is 1. The molecule has 0 saturated carbocycles. The first kappa shape index (κ1) is 18.5. The standard InChI is InChI=1S/C24H20N2O4/c1-30-22(14-6-3-2-4-7-14)16-10-11-18-21-15(16)8-5-9-17(21)24(29)26(18)19-12-13-20(27)25-23(19)28/h2-11,19,22H,12-13H2,1H3,(H,25,27,28). The third-order valence-corrected chi connectivity index (χ3v) is 5.90. The summed E-state index contributed by atoms with van der Waals surface area (Å²) in [5.74, 6) is -0.939. The smallest absolute Gasteiger partial charge is 0.259 e. The topological polar surface area (TPSA) is 75.7 Å². The molecule has 0 spiro atoms. The number of amides is 3.